The largest absolute Gasteiger partial charge is 0.496 e. The van der Waals surface area contributed by atoms with E-state index < -0.39 is 11.9 Å². The molecule has 1 unspecified atom stereocenters. The number of benzene rings is 1. The van der Waals surface area contributed by atoms with Crippen LogP contribution in [0, 0.1) is 0 Å². The maximum Gasteiger partial charge on any atom is 0.310 e. The van der Waals surface area contributed by atoms with Gasteiger partial charge < -0.3 is 9.84 Å². The molecule has 98 valence electrons. The Labute approximate surface area is 108 Å². The Balaban J connectivity index is 2.55. The molecular formula is C15H20O3. The van der Waals surface area contributed by atoms with E-state index in [-0.39, 0.29) is 0 Å². The van der Waals surface area contributed by atoms with Gasteiger partial charge in [-0.2, -0.15) is 0 Å². The fourth-order valence-corrected chi connectivity index (χ4v) is 2.79. The standard InChI is InChI=1S/C15H20O3/c1-10(15(16)17)14-12-7-5-3-4-6-11(12)8-9-13(14)18-2/h8-10H,3-7H2,1-2H3,(H,16,17). The molecule has 0 saturated carbocycles. The minimum absolute atomic E-state index is 0.506. The second kappa shape index (κ2) is 5.42. The maximum absolute atomic E-state index is 11.3. The van der Waals surface area contributed by atoms with Crippen LogP contribution in [0.1, 0.15) is 48.8 Å². The summed E-state index contributed by atoms with van der Waals surface area (Å²) in [5.74, 6) is -0.579. The van der Waals surface area contributed by atoms with Crippen LogP contribution in [0.5, 0.6) is 5.75 Å². The van der Waals surface area contributed by atoms with Gasteiger partial charge in [0, 0.05) is 5.56 Å². The number of hydrogen-bond donors (Lipinski definition) is 1. The molecule has 1 aliphatic rings. The molecule has 0 fully saturated rings. The third-order valence-electron chi connectivity index (χ3n) is 3.81. The molecule has 0 spiro atoms. The fraction of sp³-hybridized carbons (Fsp3) is 0.533. The van der Waals surface area contributed by atoms with Crippen LogP contribution in [0.3, 0.4) is 0 Å². The molecule has 0 aromatic heterocycles. The van der Waals surface area contributed by atoms with Crippen molar-refractivity contribution in [3.05, 3.63) is 28.8 Å². The van der Waals surface area contributed by atoms with Crippen molar-refractivity contribution < 1.29 is 14.6 Å². The van der Waals surface area contributed by atoms with Gasteiger partial charge in [-0.3, -0.25) is 4.79 Å². The summed E-state index contributed by atoms with van der Waals surface area (Å²) in [5, 5.41) is 9.27. The van der Waals surface area contributed by atoms with Crippen LogP contribution in [-0.2, 0) is 17.6 Å². The van der Waals surface area contributed by atoms with E-state index in [1.165, 1.54) is 24.0 Å². The van der Waals surface area contributed by atoms with Crippen molar-refractivity contribution in [1.82, 2.24) is 0 Å². The number of carboxylic acid groups (broad SMARTS) is 1. The van der Waals surface area contributed by atoms with Crippen molar-refractivity contribution in [3.8, 4) is 5.75 Å². The smallest absolute Gasteiger partial charge is 0.310 e. The molecule has 1 N–H and O–H groups in total. The normalized spacial score (nSPS) is 16.6. The lowest BCUT2D eigenvalue weighted by Gasteiger charge is -2.19. The summed E-state index contributed by atoms with van der Waals surface area (Å²) in [7, 11) is 1.61. The third-order valence-corrected chi connectivity index (χ3v) is 3.81. The Bertz CT molecular complexity index is 451. The summed E-state index contributed by atoms with van der Waals surface area (Å²) in [6.45, 7) is 1.74. The Kier molecular flexibility index (Phi) is 3.90. The molecule has 0 bridgehead atoms. The second-order valence-corrected chi connectivity index (χ2v) is 4.94. The van der Waals surface area contributed by atoms with Crippen molar-refractivity contribution in [2.45, 2.75) is 44.9 Å². The zero-order valence-corrected chi connectivity index (χ0v) is 11.0. The molecule has 0 heterocycles. The molecular weight excluding hydrogens is 228 g/mol. The maximum atomic E-state index is 11.3. The van der Waals surface area contributed by atoms with Crippen molar-refractivity contribution in [2.24, 2.45) is 0 Å². The van der Waals surface area contributed by atoms with Gasteiger partial charge in [-0.25, -0.2) is 0 Å². The van der Waals surface area contributed by atoms with Crippen LogP contribution in [0.4, 0.5) is 0 Å². The first-order chi connectivity index (χ1) is 8.65. The molecule has 2 rings (SSSR count). The first-order valence-electron chi connectivity index (χ1n) is 6.56. The molecule has 0 saturated heterocycles. The van der Waals surface area contributed by atoms with E-state index in [2.05, 4.69) is 6.07 Å². The van der Waals surface area contributed by atoms with Crippen molar-refractivity contribution in [1.29, 1.82) is 0 Å². The van der Waals surface area contributed by atoms with Crippen molar-refractivity contribution >= 4 is 5.97 Å². The van der Waals surface area contributed by atoms with Crippen LogP contribution >= 0.6 is 0 Å². The molecule has 0 amide bonds. The highest BCUT2D eigenvalue weighted by molar-refractivity contribution is 5.77. The lowest BCUT2D eigenvalue weighted by molar-refractivity contribution is -0.138. The van der Waals surface area contributed by atoms with Gasteiger partial charge >= 0.3 is 5.97 Å². The highest BCUT2D eigenvalue weighted by atomic mass is 16.5. The highest BCUT2D eigenvalue weighted by Crippen LogP contribution is 2.35. The van der Waals surface area contributed by atoms with Crippen LogP contribution in [0.25, 0.3) is 0 Å². The van der Waals surface area contributed by atoms with E-state index in [1.54, 1.807) is 14.0 Å². The second-order valence-electron chi connectivity index (χ2n) is 4.94. The number of hydrogen-bond acceptors (Lipinski definition) is 2. The van der Waals surface area contributed by atoms with Gasteiger partial charge in [0.2, 0.25) is 0 Å². The van der Waals surface area contributed by atoms with E-state index in [0.29, 0.717) is 5.75 Å². The van der Waals surface area contributed by atoms with Crippen LogP contribution in [-0.4, -0.2) is 18.2 Å². The Morgan fingerprint density at radius 3 is 2.67 bits per heavy atom. The number of methoxy groups -OCH3 is 1. The SMILES string of the molecule is COc1ccc2c(c1C(C)C(=O)O)CCCCC2. The predicted octanol–water partition coefficient (Wildman–Crippen LogP) is 3.15. The molecule has 1 aromatic rings. The number of carbonyl (C=O) groups is 1. The van der Waals surface area contributed by atoms with Crippen LogP contribution in [0.2, 0.25) is 0 Å². The Hall–Kier alpha value is -1.51. The molecule has 3 nitrogen and oxygen atoms in total. The first kappa shape index (κ1) is 12.9. The number of ether oxygens (including phenoxy) is 1. The Morgan fingerprint density at radius 2 is 2.00 bits per heavy atom. The topological polar surface area (TPSA) is 46.5 Å². The van der Waals surface area contributed by atoms with Gasteiger partial charge in [-0.1, -0.05) is 12.5 Å². The summed E-state index contributed by atoms with van der Waals surface area (Å²) in [6.07, 6.45) is 5.58. The molecule has 18 heavy (non-hydrogen) atoms. The van der Waals surface area contributed by atoms with E-state index in [9.17, 15) is 9.90 Å². The molecule has 1 atom stereocenters. The summed E-state index contributed by atoms with van der Waals surface area (Å²) < 4.78 is 5.36. The number of carboxylic acids is 1. The number of aryl methyl sites for hydroxylation is 1. The average Bonchev–Trinajstić information content (AvgIpc) is 2.61. The fourth-order valence-electron chi connectivity index (χ4n) is 2.79. The molecule has 1 aromatic carbocycles. The number of rotatable bonds is 3. The highest BCUT2D eigenvalue weighted by Gasteiger charge is 2.24. The van der Waals surface area contributed by atoms with Crippen molar-refractivity contribution in [3.63, 3.8) is 0 Å². The summed E-state index contributed by atoms with van der Waals surface area (Å²) in [4.78, 5) is 11.3. The van der Waals surface area contributed by atoms with Crippen LogP contribution in [0.15, 0.2) is 12.1 Å². The monoisotopic (exact) mass is 248 g/mol. The molecule has 1 aliphatic carbocycles. The van der Waals surface area contributed by atoms with Gasteiger partial charge in [0.25, 0.3) is 0 Å². The number of fused-ring (bicyclic) bond motifs is 1. The number of aliphatic carboxylic acids is 1. The zero-order valence-electron chi connectivity index (χ0n) is 11.0. The predicted molar refractivity (Wildman–Crippen MR) is 70.3 cm³/mol. The average molecular weight is 248 g/mol. The van der Waals surface area contributed by atoms with Gasteiger partial charge in [0.05, 0.1) is 13.0 Å². The van der Waals surface area contributed by atoms with Crippen molar-refractivity contribution in [2.75, 3.05) is 7.11 Å². The van der Waals surface area contributed by atoms with E-state index >= 15 is 0 Å². The molecule has 3 heteroatoms. The lowest BCUT2D eigenvalue weighted by Crippen LogP contribution is -2.13. The Morgan fingerprint density at radius 1 is 1.28 bits per heavy atom. The van der Waals surface area contributed by atoms with Gasteiger partial charge in [0.1, 0.15) is 5.75 Å². The van der Waals surface area contributed by atoms with E-state index in [1.807, 2.05) is 6.07 Å². The van der Waals surface area contributed by atoms with Gasteiger partial charge in [0.15, 0.2) is 0 Å². The van der Waals surface area contributed by atoms with E-state index in [4.69, 9.17) is 4.74 Å². The lowest BCUT2D eigenvalue weighted by atomic mass is 9.89. The zero-order chi connectivity index (χ0) is 13.1. The minimum atomic E-state index is -0.786. The molecule has 0 radical (unpaired) electrons. The summed E-state index contributed by atoms with van der Waals surface area (Å²) in [6, 6.07) is 4.01. The summed E-state index contributed by atoms with van der Waals surface area (Å²) in [5.41, 5.74) is 3.39. The molecule has 0 aliphatic heterocycles. The van der Waals surface area contributed by atoms with Crippen LogP contribution < -0.4 is 4.74 Å². The quantitative estimate of drug-likeness (QED) is 0.836. The van der Waals surface area contributed by atoms with Gasteiger partial charge in [-0.05, 0) is 49.8 Å². The van der Waals surface area contributed by atoms with Gasteiger partial charge in [-0.15, -0.1) is 0 Å². The first-order valence-corrected chi connectivity index (χ1v) is 6.56. The third kappa shape index (κ3) is 2.35. The minimum Gasteiger partial charge on any atom is -0.496 e. The summed E-state index contributed by atoms with van der Waals surface area (Å²) >= 11 is 0. The van der Waals surface area contributed by atoms with E-state index in [0.717, 1.165) is 24.8 Å².